The number of benzene rings is 1. The van der Waals surface area contributed by atoms with Crippen LogP contribution in [0.25, 0.3) is 0 Å². The molecule has 0 amide bonds. The number of nitrogens with zero attached hydrogens (tertiary/aromatic N) is 1. The Balaban J connectivity index is 1.22. The summed E-state index contributed by atoms with van der Waals surface area (Å²) in [5.41, 5.74) is 2.75. The monoisotopic (exact) mass is 413 g/mol. The van der Waals surface area contributed by atoms with E-state index in [2.05, 4.69) is 18.4 Å². The fraction of sp³-hybridized carbons (Fsp3) is 0.640. The second kappa shape index (κ2) is 7.67. The third kappa shape index (κ3) is 3.55. The SMILES string of the molecule is C=C1CCC[C@]2(C)C[C@H]3OC(=O)[C@@H](C[NH+]4CCN(c5ccc(F)cc5)CC4)[C@H]3C[C@H]12. The van der Waals surface area contributed by atoms with Crippen molar-refractivity contribution in [1.29, 1.82) is 0 Å². The van der Waals surface area contributed by atoms with Gasteiger partial charge in [0, 0.05) is 11.6 Å². The van der Waals surface area contributed by atoms with Gasteiger partial charge in [0.05, 0.1) is 32.7 Å². The molecular formula is C25H34FN2O2+. The topological polar surface area (TPSA) is 34.0 Å². The van der Waals surface area contributed by atoms with E-state index < -0.39 is 0 Å². The minimum Gasteiger partial charge on any atom is -0.462 e. The molecule has 2 heterocycles. The number of allylic oxidation sites excluding steroid dienone is 1. The lowest BCUT2D eigenvalue weighted by Crippen LogP contribution is -3.15. The van der Waals surface area contributed by atoms with Crippen LogP contribution in [0.1, 0.15) is 39.0 Å². The highest BCUT2D eigenvalue weighted by Gasteiger charge is 2.56. The van der Waals surface area contributed by atoms with E-state index in [1.54, 1.807) is 0 Å². The van der Waals surface area contributed by atoms with Gasteiger partial charge < -0.3 is 14.5 Å². The second-order valence-electron chi connectivity index (χ2n) is 10.3. The quantitative estimate of drug-likeness (QED) is 0.611. The summed E-state index contributed by atoms with van der Waals surface area (Å²) in [5, 5.41) is 0. The third-order valence-corrected chi connectivity index (χ3v) is 8.49. The molecule has 1 aromatic rings. The summed E-state index contributed by atoms with van der Waals surface area (Å²) in [6, 6.07) is 6.77. The largest absolute Gasteiger partial charge is 0.462 e. The Bertz CT molecular complexity index is 817. The molecule has 2 aliphatic carbocycles. The fourth-order valence-corrected chi connectivity index (χ4v) is 6.74. The molecule has 0 aromatic heterocycles. The zero-order chi connectivity index (χ0) is 20.9. The Kier molecular flexibility index (Phi) is 5.12. The van der Waals surface area contributed by atoms with Gasteiger partial charge in [-0.2, -0.15) is 0 Å². The number of carbonyl (C=O) groups excluding carboxylic acids is 1. The number of fused-ring (bicyclic) bond motifs is 2. The normalized spacial score (nSPS) is 36.9. The molecule has 1 N–H and O–H groups in total. The van der Waals surface area contributed by atoms with Crippen molar-refractivity contribution >= 4 is 11.7 Å². The Morgan fingerprint density at radius 2 is 2.00 bits per heavy atom. The predicted molar refractivity (Wildman–Crippen MR) is 115 cm³/mol. The summed E-state index contributed by atoms with van der Waals surface area (Å²) in [6.07, 6.45) is 5.80. The van der Waals surface area contributed by atoms with Gasteiger partial charge in [-0.1, -0.05) is 19.1 Å². The van der Waals surface area contributed by atoms with Gasteiger partial charge in [-0.05, 0) is 67.7 Å². The van der Waals surface area contributed by atoms with Crippen LogP contribution in [-0.2, 0) is 9.53 Å². The average Bonchev–Trinajstić information content (AvgIpc) is 3.01. The van der Waals surface area contributed by atoms with Crippen LogP contribution in [0, 0.1) is 29.0 Å². The van der Waals surface area contributed by atoms with Crippen molar-refractivity contribution < 1.29 is 18.8 Å². The molecule has 0 unspecified atom stereocenters. The maximum Gasteiger partial charge on any atom is 0.315 e. The number of ether oxygens (including phenoxy) is 1. The van der Waals surface area contributed by atoms with Crippen LogP contribution in [0.2, 0.25) is 0 Å². The number of halogens is 1. The van der Waals surface area contributed by atoms with Crippen LogP contribution in [0.5, 0.6) is 0 Å². The molecule has 2 saturated heterocycles. The van der Waals surface area contributed by atoms with Gasteiger partial charge in [0.2, 0.25) is 0 Å². The number of nitrogens with one attached hydrogen (secondary N) is 1. The van der Waals surface area contributed by atoms with E-state index in [1.165, 1.54) is 35.4 Å². The van der Waals surface area contributed by atoms with Crippen molar-refractivity contribution in [2.75, 3.05) is 37.6 Å². The van der Waals surface area contributed by atoms with E-state index in [0.717, 1.165) is 57.7 Å². The molecule has 4 fully saturated rings. The number of quaternary nitrogens is 1. The first-order valence-corrected chi connectivity index (χ1v) is 11.7. The molecule has 30 heavy (non-hydrogen) atoms. The summed E-state index contributed by atoms with van der Waals surface area (Å²) in [7, 11) is 0. The predicted octanol–water partition coefficient (Wildman–Crippen LogP) is 2.84. The number of rotatable bonds is 3. The molecule has 1 aromatic carbocycles. The summed E-state index contributed by atoms with van der Waals surface area (Å²) < 4.78 is 19.1. The van der Waals surface area contributed by atoms with Gasteiger partial charge in [-0.3, -0.25) is 4.79 Å². The van der Waals surface area contributed by atoms with Crippen molar-refractivity contribution in [1.82, 2.24) is 0 Å². The average molecular weight is 414 g/mol. The number of piperazine rings is 1. The van der Waals surface area contributed by atoms with Gasteiger partial charge >= 0.3 is 5.97 Å². The molecular weight excluding hydrogens is 379 g/mol. The summed E-state index contributed by atoms with van der Waals surface area (Å²) in [4.78, 5) is 16.6. The lowest BCUT2D eigenvalue weighted by molar-refractivity contribution is -0.903. The number of esters is 1. The first-order valence-electron chi connectivity index (χ1n) is 11.7. The minimum absolute atomic E-state index is 0.0293. The highest BCUT2D eigenvalue weighted by molar-refractivity contribution is 5.75. The van der Waals surface area contributed by atoms with Crippen LogP contribution in [0.3, 0.4) is 0 Å². The highest BCUT2D eigenvalue weighted by atomic mass is 19.1. The van der Waals surface area contributed by atoms with Gasteiger partial charge in [0.1, 0.15) is 17.8 Å². The summed E-state index contributed by atoms with van der Waals surface area (Å²) >= 11 is 0. The lowest BCUT2D eigenvalue weighted by Gasteiger charge is -2.50. The number of hydrogen-bond acceptors (Lipinski definition) is 3. The summed E-state index contributed by atoms with van der Waals surface area (Å²) in [6.45, 7) is 11.6. The molecule has 4 nitrogen and oxygen atoms in total. The highest BCUT2D eigenvalue weighted by Crippen LogP contribution is 2.56. The minimum atomic E-state index is -0.193. The molecule has 2 saturated carbocycles. The number of hydrogen-bond donors (Lipinski definition) is 1. The molecule has 5 rings (SSSR count). The molecule has 4 aliphatic rings. The van der Waals surface area contributed by atoms with E-state index in [0.29, 0.717) is 11.8 Å². The zero-order valence-electron chi connectivity index (χ0n) is 18.0. The molecule has 0 spiro atoms. The molecule has 0 bridgehead atoms. The van der Waals surface area contributed by atoms with Crippen molar-refractivity contribution in [3.05, 3.63) is 42.2 Å². The second-order valence-corrected chi connectivity index (χ2v) is 10.3. The van der Waals surface area contributed by atoms with E-state index in [9.17, 15) is 9.18 Å². The number of anilines is 1. The van der Waals surface area contributed by atoms with Crippen molar-refractivity contribution in [3.8, 4) is 0 Å². The molecule has 0 radical (unpaired) electrons. The van der Waals surface area contributed by atoms with Crippen LogP contribution in [0.4, 0.5) is 10.1 Å². The Morgan fingerprint density at radius 1 is 1.27 bits per heavy atom. The smallest absolute Gasteiger partial charge is 0.315 e. The molecule has 5 heteroatoms. The van der Waals surface area contributed by atoms with Gasteiger partial charge in [0.25, 0.3) is 0 Å². The van der Waals surface area contributed by atoms with E-state index in [-0.39, 0.29) is 29.2 Å². The Labute approximate surface area is 179 Å². The van der Waals surface area contributed by atoms with Gasteiger partial charge in [0.15, 0.2) is 0 Å². The van der Waals surface area contributed by atoms with Crippen LogP contribution >= 0.6 is 0 Å². The third-order valence-electron chi connectivity index (χ3n) is 8.49. The fourth-order valence-electron chi connectivity index (χ4n) is 6.74. The van der Waals surface area contributed by atoms with Crippen molar-refractivity contribution in [3.63, 3.8) is 0 Å². The summed E-state index contributed by atoms with van der Waals surface area (Å²) in [5.74, 6) is 0.775. The van der Waals surface area contributed by atoms with Crippen molar-refractivity contribution in [2.24, 2.45) is 23.2 Å². The molecule has 5 atom stereocenters. The van der Waals surface area contributed by atoms with E-state index in [4.69, 9.17) is 4.74 Å². The van der Waals surface area contributed by atoms with Gasteiger partial charge in [-0.25, -0.2) is 4.39 Å². The Morgan fingerprint density at radius 3 is 2.73 bits per heavy atom. The number of carbonyl (C=O) groups is 1. The lowest BCUT2D eigenvalue weighted by atomic mass is 9.55. The van der Waals surface area contributed by atoms with E-state index >= 15 is 0 Å². The van der Waals surface area contributed by atoms with Crippen LogP contribution in [0.15, 0.2) is 36.4 Å². The van der Waals surface area contributed by atoms with Gasteiger partial charge in [-0.15, -0.1) is 0 Å². The van der Waals surface area contributed by atoms with E-state index in [1.807, 2.05) is 12.1 Å². The Hall–Kier alpha value is -1.88. The van der Waals surface area contributed by atoms with Crippen molar-refractivity contribution in [2.45, 2.75) is 45.1 Å². The molecule has 162 valence electrons. The maximum atomic E-state index is 13.2. The zero-order valence-corrected chi connectivity index (χ0v) is 18.0. The standard InChI is InChI=1S/C25H33FN2O2/c1-17-4-3-9-25(2)15-23-20(14-22(17)25)21(24(29)30-23)16-27-10-12-28(13-11-27)19-7-5-18(26)6-8-19/h5-8,20-23H,1,3-4,9-16H2,2H3/p+1/t20-,21+,22-,23-,25-/m1/s1. The van der Waals surface area contributed by atoms with Crippen LogP contribution < -0.4 is 9.80 Å². The first-order chi connectivity index (χ1) is 14.4. The maximum absolute atomic E-state index is 13.2. The molecule has 2 aliphatic heterocycles. The van der Waals surface area contributed by atoms with Crippen LogP contribution in [-0.4, -0.2) is 44.8 Å². The first kappa shape index (κ1) is 20.0.